The second-order valence-corrected chi connectivity index (χ2v) is 9.22. The average Bonchev–Trinajstić information content (AvgIpc) is 3.23. The summed E-state index contributed by atoms with van der Waals surface area (Å²) in [6.45, 7) is 15.6. The van der Waals surface area contributed by atoms with Gasteiger partial charge in [0.25, 0.3) is 0 Å². The molecule has 0 aliphatic carbocycles. The summed E-state index contributed by atoms with van der Waals surface area (Å²) in [5.41, 5.74) is 8.44. The summed E-state index contributed by atoms with van der Waals surface area (Å²) in [6, 6.07) is 20.0. The average molecular weight is 448 g/mol. The molecule has 0 radical (unpaired) electrons. The van der Waals surface area contributed by atoms with Gasteiger partial charge in [0.05, 0.1) is 12.1 Å². The number of aromatic nitrogens is 1. The van der Waals surface area contributed by atoms with Gasteiger partial charge in [-0.3, -0.25) is 0 Å². The van der Waals surface area contributed by atoms with Crippen LogP contribution in [0.2, 0.25) is 0 Å². The van der Waals surface area contributed by atoms with Crippen LogP contribution in [-0.4, -0.2) is 0 Å². The Morgan fingerprint density at radius 3 is 2.29 bits per heavy atom. The van der Waals surface area contributed by atoms with Gasteiger partial charge in [0.1, 0.15) is 18.2 Å². The third kappa shape index (κ3) is 3.56. The number of aryl methyl sites for hydroxylation is 3. The molecular weight excluding hydrogens is 416 g/mol. The first-order valence-corrected chi connectivity index (χ1v) is 11.6. The van der Waals surface area contributed by atoms with E-state index in [0.29, 0.717) is 16.8 Å². The summed E-state index contributed by atoms with van der Waals surface area (Å²) in [7, 11) is 1.96. The third-order valence-corrected chi connectivity index (χ3v) is 6.36. The molecule has 0 fully saturated rings. The molecule has 168 valence electrons. The Morgan fingerprint density at radius 1 is 0.941 bits per heavy atom. The van der Waals surface area contributed by atoms with Crippen LogP contribution >= 0.6 is 0 Å². The monoisotopic (exact) mass is 447 g/mol. The maximum atomic E-state index is 8.64. The third-order valence-electron chi connectivity index (χ3n) is 6.36. The van der Waals surface area contributed by atoms with Crippen molar-refractivity contribution in [1.29, 1.82) is 0 Å². The number of furan rings is 1. The van der Waals surface area contributed by atoms with Crippen molar-refractivity contribution < 1.29 is 11.7 Å². The zero-order valence-corrected chi connectivity index (χ0v) is 20.2. The second kappa shape index (κ2) is 8.47. The number of fused-ring (bicyclic) bond motifs is 3. The van der Waals surface area contributed by atoms with Crippen LogP contribution in [0.5, 0.6) is 0 Å². The highest BCUT2D eigenvalue weighted by molar-refractivity contribution is 6.15. The number of benzene rings is 3. The van der Waals surface area contributed by atoms with Crippen molar-refractivity contribution in [2.24, 2.45) is 13.0 Å². The van der Waals surface area contributed by atoms with E-state index in [2.05, 4.69) is 30.0 Å². The summed E-state index contributed by atoms with van der Waals surface area (Å²) >= 11 is 0. The van der Waals surface area contributed by atoms with Crippen molar-refractivity contribution in [3.05, 3.63) is 95.0 Å². The van der Waals surface area contributed by atoms with Crippen LogP contribution in [0.25, 0.3) is 49.2 Å². The second-order valence-electron chi connectivity index (χ2n) is 9.22. The summed E-state index contributed by atoms with van der Waals surface area (Å²) < 4.78 is 25.9. The van der Waals surface area contributed by atoms with Crippen molar-refractivity contribution in [1.82, 2.24) is 0 Å². The molecule has 3 aromatic carbocycles. The zero-order chi connectivity index (χ0) is 25.8. The highest BCUT2D eigenvalue weighted by Gasteiger charge is 2.24. The molecule has 0 aliphatic rings. The van der Waals surface area contributed by atoms with Gasteiger partial charge < -0.3 is 4.42 Å². The molecule has 0 atom stereocenters. The van der Waals surface area contributed by atoms with E-state index in [0.717, 1.165) is 49.9 Å². The summed E-state index contributed by atoms with van der Waals surface area (Å²) in [6.07, 6.45) is 0.486. The van der Waals surface area contributed by atoms with E-state index in [1.807, 2.05) is 81.0 Å². The molecule has 0 saturated carbocycles. The Hall–Kier alpha value is -3.90. The molecular formula is C31H29N2O+. The number of nitrogens with zero attached hydrogens (tertiary/aromatic N) is 2. The number of hydrogen-bond donors (Lipinski definition) is 0. The van der Waals surface area contributed by atoms with Crippen molar-refractivity contribution in [3.63, 3.8) is 0 Å². The van der Waals surface area contributed by atoms with Gasteiger partial charge in [-0.2, -0.15) is 0 Å². The maximum absolute atomic E-state index is 8.64. The lowest BCUT2D eigenvalue weighted by atomic mass is 9.95. The van der Waals surface area contributed by atoms with Crippen molar-refractivity contribution in [2.75, 3.05) is 0 Å². The molecule has 3 heteroatoms. The molecule has 0 amide bonds. The molecule has 0 N–H and O–H groups in total. The van der Waals surface area contributed by atoms with Gasteiger partial charge in [0, 0.05) is 30.7 Å². The molecule has 2 heterocycles. The van der Waals surface area contributed by atoms with E-state index in [1.54, 1.807) is 0 Å². The molecule has 0 aliphatic heterocycles. The van der Waals surface area contributed by atoms with E-state index in [9.17, 15) is 0 Å². The Labute approximate surface area is 203 Å². The minimum Gasteiger partial charge on any atom is -0.456 e. The van der Waals surface area contributed by atoms with Gasteiger partial charge in [-0.1, -0.05) is 68.4 Å². The molecule has 5 rings (SSSR count). The van der Waals surface area contributed by atoms with Gasteiger partial charge in [0.15, 0.2) is 11.9 Å². The number of pyridine rings is 1. The fraction of sp³-hybridized carbons (Fsp3) is 0.226. The molecule has 0 bridgehead atoms. The predicted molar refractivity (Wildman–Crippen MR) is 140 cm³/mol. The highest BCUT2D eigenvalue weighted by atomic mass is 16.3. The first-order chi connectivity index (χ1) is 17.1. The SMILES string of the molecule is [2H]C([2H])(c1c[n+](C)c(-c2c(C)ccc3c2oc2c(-c4ccccc4)c([N+]#[C-])ccc23)cc1C)C(C)C. The maximum Gasteiger partial charge on any atom is 0.216 e. The van der Waals surface area contributed by atoms with Crippen molar-refractivity contribution >= 4 is 27.6 Å². The molecule has 0 unspecified atom stereocenters. The van der Waals surface area contributed by atoms with Gasteiger partial charge in [-0.15, -0.1) is 0 Å². The fourth-order valence-corrected chi connectivity index (χ4v) is 4.75. The summed E-state index contributed by atoms with van der Waals surface area (Å²) in [5.74, 6) is -0.143. The minimum atomic E-state index is -1.43. The van der Waals surface area contributed by atoms with Crippen LogP contribution in [0, 0.1) is 26.3 Å². The first kappa shape index (κ1) is 19.6. The Balaban J connectivity index is 1.83. The van der Waals surface area contributed by atoms with Crippen LogP contribution in [-0.2, 0) is 13.4 Å². The first-order valence-electron chi connectivity index (χ1n) is 12.6. The lowest BCUT2D eigenvalue weighted by molar-refractivity contribution is -0.660. The Kier molecular flexibility index (Phi) is 4.87. The lowest BCUT2D eigenvalue weighted by Gasteiger charge is -2.11. The van der Waals surface area contributed by atoms with Crippen molar-refractivity contribution in [2.45, 2.75) is 34.1 Å². The summed E-state index contributed by atoms with van der Waals surface area (Å²) in [5, 5.41) is 1.98. The lowest BCUT2D eigenvalue weighted by Crippen LogP contribution is -2.32. The fourth-order valence-electron chi connectivity index (χ4n) is 4.75. The van der Waals surface area contributed by atoms with Gasteiger partial charge >= 0.3 is 0 Å². The van der Waals surface area contributed by atoms with Gasteiger partial charge in [0.2, 0.25) is 5.69 Å². The van der Waals surface area contributed by atoms with Crippen molar-refractivity contribution in [3.8, 4) is 22.4 Å². The van der Waals surface area contributed by atoms with Crippen LogP contribution in [0.15, 0.2) is 71.3 Å². The van der Waals surface area contributed by atoms with Crippen LogP contribution in [0.3, 0.4) is 0 Å². The zero-order valence-electron chi connectivity index (χ0n) is 22.2. The van der Waals surface area contributed by atoms with Crippen LogP contribution in [0.1, 0.15) is 33.3 Å². The molecule has 0 spiro atoms. The summed E-state index contributed by atoms with van der Waals surface area (Å²) in [4.78, 5) is 3.79. The minimum absolute atomic E-state index is 0.143. The topological polar surface area (TPSA) is 21.4 Å². The van der Waals surface area contributed by atoms with E-state index in [1.165, 1.54) is 0 Å². The molecule has 0 saturated heterocycles. The van der Waals surface area contributed by atoms with E-state index in [4.69, 9.17) is 13.7 Å². The normalized spacial score (nSPS) is 12.7. The molecule has 2 aromatic heterocycles. The number of hydrogen-bond acceptors (Lipinski definition) is 1. The largest absolute Gasteiger partial charge is 0.456 e. The van der Waals surface area contributed by atoms with E-state index < -0.39 is 6.37 Å². The molecule has 5 aromatic rings. The van der Waals surface area contributed by atoms with Crippen LogP contribution in [0.4, 0.5) is 5.69 Å². The molecule has 3 nitrogen and oxygen atoms in total. The smallest absolute Gasteiger partial charge is 0.216 e. The Bertz CT molecular complexity index is 1680. The van der Waals surface area contributed by atoms with E-state index in [-0.39, 0.29) is 5.92 Å². The Morgan fingerprint density at radius 2 is 1.62 bits per heavy atom. The number of rotatable bonds is 4. The van der Waals surface area contributed by atoms with Gasteiger partial charge in [-0.25, -0.2) is 9.41 Å². The highest BCUT2D eigenvalue weighted by Crippen LogP contribution is 2.44. The quantitative estimate of drug-likeness (QED) is 0.201. The van der Waals surface area contributed by atoms with E-state index >= 15 is 0 Å². The van der Waals surface area contributed by atoms with Crippen LogP contribution < -0.4 is 4.57 Å². The van der Waals surface area contributed by atoms with Gasteiger partial charge in [-0.05, 0) is 42.8 Å². The molecule has 34 heavy (non-hydrogen) atoms. The predicted octanol–water partition coefficient (Wildman–Crippen LogP) is 8.11. The standard InChI is InChI=1S/C31H29N2O/c1-19(2)16-23-18-33(6)27(17-21(23)4)28-20(3)12-13-24-25-14-15-26(32-5)29(31(25)34-30(24)28)22-10-8-7-9-11-22/h7-15,17-19H,16H2,1-4,6H3/q+1/i16D2.